The van der Waals surface area contributed by atoms with Gasteiger partial charge in [0.05, 0.1) is 5.56 Å². The van der Waals surface area contributed by atoms with Crippen molar-refractivity contribution in [2.75, 3.05) is 18.9 Å². The number of carbonyl (C=O) groups is 1. The molecule has 0 saturated heterocycles. The molecule has 0 aliphatic rings. The van der Waals surface area contributed by atoms with Crippen LogP contribution in [0.4, 0.5) is 5.82 Å². The minimum Gasteiger partial charge on any atom is -0.372 e. The van der Waals surface area contributed by atoms with Gasteiger partial charge in [0.1, 0.15) is 5.82 Å². The van der Waals surface area contributed by atoms with Crippen molar-refractivity contribution in [1.29, 1.82) is 0 Å². The predicted molar refractivity (Wildman–Crippen MR) is 68.9 cm³/mol. The van der Waals surface area contributed by atoms with Gasteiger partial charge in [0, 0.05) is 33.1 Å². The Morgan fingerprint density at radius 1 is 1.47 bits per heavy atom. The van der Waals surface area contributed by atoms with Crippen molar-refractivity contribution in [2.45, 2.75) is 13.3 Å². The van der Waals surface area contributed by atoms with Gasteiger partial charge in [-0.05, 0) is 12.1 Å². The van der Waals surface area contributed by atoms with Crippen molar-refractivity contribution in [3.8, 4) is 0 Å². The second kappa shape index (κ2) is 5.94. The lowest BCUT2D eigenvalue weighted by molar-refractivity contribution is 0.0954. The molecule has 0 aliphatic heterocycles. The molecular formula is C12H15N5O2. The van der Waals surface area contributed by atoms with Crippen molar-refractivity contribution in [3.63, 3.8) is 0 Å². The van der Waals surface area contributed by atoms with Gasteiger partial charge in [-0.3, -0.25) is 4.79 Å². The van der Waals surface area contributed by atoms with Gasteiger partial charge in [0.25, 0.3) is 5.91 Å². The van der Waals surface area contributed by atoms with Crippen LogP contribution in [0.25, 0.3) is 0 Å². The smallest absolute Gasteiger partial charge is 0.255 e. The lowest BCUT2D eigenvalue weighted by Crippen LogP contribution is -2.26. The number of nitrogens with zero attached hydrogens (tertiary/aromatic N) is 3. The van der Waals surface area contributed by atoms with Crippen molar-refractivity contribution >= 4 is 11.7 Å². The molecule has 19 heavy (non-hydrogen) atoms. The van der Waals surface area contributed by atoms with Crippen LogP contribution in [0.1, 0.15) is 22.1 Å². The molecule has 2 aromatic heterocycles. The van der Waals surface area contributed by atoms with Crippen LogP contribution < -0.4 is 10.6 Å². The SMILES string of the molecule is CNc1ncccc1C(=O)NCCc1noc(C)n1. The maximum atomic E-state index is 12.0. The Bertz CT molecular complexity index is 567. The third-order valence-corrected chi connectivity index (χ3v) is 2.49. The van der Waals surface area contributed by atoms with E-state index in [0.717, 1.165) is 0 Å². The highest BCUT2D eigenvalue weighted by molar-refractivity contribution is 5.98. The molecule has 0 radical (unpaired) electrons. The Hall–Kier alpha value is -2.44. The molecule has 100 valence electrons. The van der Waals surface area contributed by atoms with E-state index in [1.807, 2.05) is 0 Å². The molecule has 7 heteroatoms. The van der Waals surface area contributed by atoms with Crippen LogP contribution in [0.5, 0.6) is 0 Å². The third-order valence-electron chi connectivity index (χ3n) is 2.49. The summed E-state index contributed by atoms with van der Waals surface area (Å²) < 4.78 is 4.85. The Labute approximate surface area is 110 Å². The molecule has 0 fully saturated rings. The van der Waals surface area contributed by atoms with Crippen LogP contribution in [0.3, 0.4) is 0 Å². The van der Waals surface area contributed by atoms with Crippen molar-refractivity contribution in [1.82, 2.24) is 20.4 Å². The van der Waals surface area contributed by atoms with Crippen molar-refractivity contribution in [2.24, 2.45) is 0 Å². The molecule has 2 heterocycles. The number of amides is 1. The molecule has 0 unspecified atom stereocenters. The minimum absolute atomic E-state index is 0.183. The summed E-state index contributed by atoms with van der Waals surface area (Å²) >= 11 is 0. The molecule has 1 amide bonds. The van der Waals surface area contributed by atoms with E-state index in [2.05, 4.69) is 25.8 Å². The zero-order chi connectivity index (χ0) is 13.7. The highest BCUT2D eigenvalue weighted by Gasteiger charge is 2.11. The molecule has 0 aliphatic carbocycles. The number of carbonyl (C=O) groups excluding carboxylic acids is 1. The second-order valence-corrected chi connectivity index (χ2v) is 3.89. The molecule has 0 aromatic carbocycles. The third kappa shape index (κ3) is 3.27. The van der Waals surface area contributed by atoms with E-state index in [1.54, 1.807) is 32.3 Å². The first kappa shape index (κ1) is 13.0. The Morgan fingerprint density at radius 3 is 3.00 bits per heavy atom. The van der Waals surface area contributed by atoms with E-state index < -0.39 is 0 Å². The molecule has 2 N–H and O–H groups in total. The first-order chi connectivity index (χ1) is 9.20. The largest absolute Gasteiger partial charge is 0.372 e. The summed E-state index contributed by atoms with van der Waals surface area (Å²) in [4.78, 5) is 20.1. The van der Waals surface area contributed by atoms with Gasteiger partial charge < -0.3 is 15.2 Å². The average Bonchev–Trinajstić information content (AvgIpc) is 2.84. The summed E-state index contributed by atoms with van der Waals surface area (Å²) in [5.41, 5.74) is 0.509. The van der Waals surface area contributed by atoms with Gasteiger partial charge >= 0.3 is 0 Å². The van der Waals surface area contributed by atoms with E-state index >= 15 is 0 Å². The fraction of sp³-hybridized carbons (Fsp3) is 0.333. The second-order valence-electron chi connectivity index (χ2n) is 3.89. The Balaban J connectivity index is 1.90. The summed E-state index contributed by atoms with van der Waals surface area (Å²) in [6, 6.07) is 3.44. The molecule has 2 aromatic rings. The van der Waals surface area contributed by atoms with E-state index in [0.29, 0.717) is 36.1 Å². The quantitative estimate of drug-likeness (QED) is 0.826. The summed E-state index contributed by atoms with van der Waals surface area (Å²) in [5.74, 6) is 1.47. The molecule has 2 rings (SSSR count). The average molecular weight is 261 g/mol. The number of rotatable bonds is 5. The fourth-order valence-corrected chi connectivity index (χ4v) is 1.61. The zero-order valence-corrected chi connectivity index (χ0v) is 10.8. The summed E-state index contributed by atoms with van der Waals surface area (Å²) in [6.45, 7) is 2.17. The van der Waals surface area contributed by atoms with Gasteiger partial charge in [0.15, 0.2) is 5.82 Å². The molecule has 0 bridgehead atoms. The number of anilines is 1. The van der Waals surface area contributed by atoms with Gasteiger partial charge in [-0.2, -0.15) is 4.98 Å². The monoisotopic (exact) mass is 261 g/mol. The van der Waals surface area contributed by atoms with Crippen LogP contribution in [-0.4, -0.2) is 34.6 Å². The molecule has 0 spiro atoms. The van der Waals surface area contributed by atoms with Crippen LogP contribution in [0, 0.1) is 6.92 Å². The van der Waals surface area contributed by atoms with Gasteiger partial charge in [-0.1, -0.05) is 5.16 Å². The number of hydrogen-bond acceptors (Lipinski definition) is 6. The summed E-state index contributed by atoms with van der Waals surface area (Å²) in [6.07, 6.45) is 2.16. The van der Waals surface area contributed by atoms with Crippen LogP contribution >= 0.6 is 0 Å². The number of hydrogen-bond donors (Lipinski definition) is 2. The van der Waals surface area contributed by atoms with Crippen LogP contribution in [-0.2, 0) is 6.42 Å². The Morgan fingerprint density at radius 2 is 2.32 bits per heavy atom. The summed E-state index contributed by atoms with van der Waals surface area (Å²) in [5, 5.41) is 9.42. The minimum atomic E-state index is -0.183. The van der Waals surface area contributed by atoms with Crippen molar-refractivity contribution in [3.05, 3.63) is 35.6 Å². The first-order valence-electron chi connectivity index (χ1n) is 5.91. The van der Waals surface area contributed by atoms with E-state index in [-0.39, 0.29) is 5.91 Å². The zero-order valence-electron chi connectivity index (χ0n) is 10.8. The van der Waals surface area contributed by atoms with Crippen molar-refractivity contribution < 1.29 is 9.32 Å². The van der Waals surface area contributed by atoms with Crippen LogP contribution in [0.15, 0.2) is 22.9 Å². The van der Waals surface area contributed by atoms with Gasteiger partial charge in [-0.25, -0.2) is 4.98 Å². The normalized spacial score (nSPS) is 10.2. The highest BCUT2D eigenvalue weighted by atomic mass is 16.5. The molecular weight excluding hydrogens is 246 g/mol. The number of nitrogens with one attached hydrogen (secondary N) is 2. The standard InChI is InChI=1S/C12H15N5O2/c1-8-16-10(17-19-8)5-7-15-12(18)9-4-3-6-14-11(9)13-2/h3-4,6H,5,7H2,1-2H3,(H,13,14)(H,15,18). The maximum Gasteiger partial charge on any atom is 0.255 e. The maximum absolute atomic E-state index is 12.0. The van der Waals surface area contributed by atoms with E-state index in [1.165, 1.54) is 0 Å². The van der Waals surface area contributed by atoms with Gasteiger partial charge in [0.2, 0.25) is 5.89 Å². The fourth-order valence-electron chi connectivity index (χ4n) is 1.61. The number of aromatic nitrogens is 3. The first-order valence-corrected chi connectivity index (χ1v) is 5.91. The summed E-state index contributed by atoms with van der Waals surface area (Å²) in [7, 11) is 1.72. The number of pyridine rings is 1. The molecule has 0 saturated carbocycles. The lowest BCUT2D eigenvalue weighted by Gasteiger charge is -2.07. The lowest BCUT2D eigenvalue weighted by atomic mass is 10.2. The van der Waals surface area contributed by atoms with E-state index in [4.69, 9.17) is 4.52 Å². The molecule has 7 nitrogen and oxygen atoms in total. The van der Waals surface area contributed by atoms with Gasteiger partial charge in [-0.15, -0.1) is 0 Å². The topological polar surface area (TPSA) is 92.9 Å². The number of aryl methyl sites for hydroxylation is 1. The predicted octanol–water partition coefficient (Wildman–Crippen LogP) is 0.787. The molecule has 0 atom stereocenters. The van der Waals surface area contributed by atoms with Crippen LogP contribution in [0.2, 0.25) is 0 Å². The Kier molecular flexibility index (Phi) is 4.07. The van der Waals surface area contributed by atoms with E-state index in [9.17, 15) is 4.79 Å². The highest BCUT2D eigenvalue weighted by Crippen LogP contribution is 2.09.